The third kappa shape index (κ3) is 5.05. The molecule has 0 bridgehead atoms. The molecule has 1 aliphatic rings. The van der Waals surface area contributed by atoms with Crippen molar-refractivity contribution in [1.82, 2.24) is 35.1 Å². The lowest BCUT2D eigenvalue weighted by Crippen LogP contribution is -2.48. The summed E-state index contributed by atoms with van der Waals surface area (Å²) in [7, 11) is 1.78. The van der Waals surface area contributed by atoms with Gasteiger partial charge in [-0.15, -0.1) is 5.10 Å². The lowest BCUT2D eigenvalue weighted by Gasteiger charge is -2.35. The fraction of sp³-hybridized carbons (Fsp3) is 0.250. The molecular weight excluding hydrogens is 480 g/mol. The fourth-order valence-corrected chi connectivity index (χ4v) is 4.19. The molecule has 1 fully saturated rings. The van der Waals surface area contributed by atoms with Crippen molar-refractivity contribution in [1.29, 1.82) is 0 Å². The summed E-state index contributed by atoms with van der Waals surface area (Å²) in [5, 5.41) is 18.6. The van der Waals surface area contributed by atoms with Crippen LogP contribution >= 0.6 is 11.6 Å². The highest BCUT2D eigenvalue weighted by atomic mass is 35.5. The lowest BCUT2D eigenvalue weighted by atomic mass is 10.1. The summed E-state index contributed by atoms with van der Waals surface area (Å²) in [5.41, 5.74) is 3.53. The number of halogens is 1. The summed E-state index contributed by atoms with van der Waals surface area (Å²) in [4.78, 5) is 24.6. The van der Waals surface area contributed by atoms with Crippen molar-refractivity contribution in [2.45, 2.75) is 6.92 Å². The fourth-order valence-electron chi connectivity index (χ4n) is 4.05. The van der Waals surface area contributed by atoms with E-state index in [-0.39, 0.29) is 5.91 Å². The predicted octanol–water partition coefficient (Wildman–Crippen LogP) is 3.48. The zero-order valence-corrected chi connectivity index (χ0v) is 20.6. The van der Waals surface area contributed by atoms with E-state index in [4.69, 9.17) is 11.6 Å². The number of amides is 1. The Morgan fingerprint density at radius 2 is 1.75 bits per heavy atom. The quantitative estimate of drug-likeness (QED) is 0.407. The maximum absolute atomic E-state index is 11.6. The number of hydrogen-bond donors (Lipinski definition) is 2. The van der Waals surface area contributed by atoms with Crippen LogP contribution in [0.4, 0.5) is 28.8 Å². The number of benzene rings is 2. The molecule has 0 unspecified atom stereocenters. The van der Waals surface area contributed by atoms with Gasteiger partial charge in [0.15, 0.2) is 11.6 Å². The van der Waals surface area contributed by atoms with Crippen molar-refractivity contribution in [3.63, 3.8) is 0 Å². The van der Waals surface area contributed by atoms with Crippen LogP contribution < -0.4 is 15.5 Å². The van der Waals surface area contributed by atoms with Crippen molar-refractivity contribution < 1.29 is 4.79 Å². The smallest absolute Gasteiger partial charge is 0.229 e. The molecule has 1 aliphatic heterocycles. The van der Waals surface area contributed by atoms with E-state index in [9.17, 15) is 4.79 Å². The first-order chi connectivity index (χ1) is 17.5. The second kappa shape index (κ2) is 10.2. The van der Waals surface area contributed by atoms with Crippen LogP contribution in [0.5, 0.6) is 0 Å². The van der Waals surface area contributed by atoms with E-state index in [0.29, 0.717) is 22.6 Å². The molecule has 184 valence electrons. The summed E-state index contributed by atoms with van der Waals surface area (Å²) in [6.45, 7) is 4.71. The lowest BCUT2D eigenvalue weighted by molar-refractivity contribution is -0.129. The predicted molar refractivity (Wildman–Crippen MR) is 139 cm³/mol. The SMILES string of the molecule is CC(=O)N1CCN(c2ccc(Nc3ncc(Cl)c(Nc4ccccc4-c4nnnn4C)n3)cc2)CC1. The molecule has 36 heavy (non-hydrogen) atoms. The minimum Gasteiger partial charge on any atom is -0.368 e. The number of anilines is 5. The number of carbonyl (C=O) groups excluding carboxylic acids is 1. The molecule has 0 aliphatic carbocycles. The molecule has 11 nitrogen and oxygen atoms in total. The second-order valence-electron chi connectivity index (χ2n) is 8.35. The van der Waals surface area contributed by atoms with Crippen LogP contribution in [0.3, 0.4) is 0 Å². The van der Waals surface area contributed by atoms with Crippen LogP contribution in [-0.2, 0) is 11.8 Å². The summed E-state index contributed by atoms with van der Waals surface area (Å²) < 4.78 is 1.60. The Kier molecular flexibility index (Phi) is 6.63. The molecule has 4 aromatic rings. The van der Waals surface area contributed by atoms with Gasteiger partial charge < -0.3 is 20.4 Å². The number of para-hydroxylation sites is 1. The van der Waals surface area contributed by atoms with Crippen LogP contribution in [0, 0.1) is 0 Å². The molecule has 0 atom stereocenters. The van der Waals surface area contributed by atoms with Crippen molar-refractivity contribution >= 4 is 46.3 Å². The number of hydrogen-bond acceptors (Lipinski definition) is 9. The van der Waals surface area contributed by atoms with Crippen LogP contribution in [0.25, 0.3) is 11.4 Å². The van der Waals surface area contributed by atoms with Gasteiger partial charge >= 0.3 is 0 Å². The highest BCUT2D eigenvalue weighted by molar-refractivity contribution is 6.33. The van der Waals surface area contributed by atoms with Crippen molar-refractivity contribution in [3.8, 4) is 11.4 Å². The van der Waals surface area contributed by atoms with Gasteiger partial charge in [0, 0.05) is 57.1 Å². The number of nitrogens with zero attached hydrogens (tertiary/aromatic N) is 8. The van der Waals surface area contributed by atoms with E-state index in [1.807, 2.05) is 53.4 Å². The number of piperazine rings is 1. The molecule has 5 rings (SSSR count). The van der Waals surface area contributed by atoms with Crippen LogP contribution in [0.2, 0.25) is 5.02 Å². The molecule has 0 saturated carbocycles. The Labute approximate surface area is 213 Å². The largest absolute Gasteiger partial charge is 0.368 e. The van der Waals surface area contributed by atoms with E-state index in [1.54, 1.807) is 24.9 Å². The molecular formula is C24H25ClN10O. The highest BCUT2D eigenvalue weighted by Crippen LogP contribution is 2.31. The van der Waals surface area contributed by atoms with Crippen molar-refractivity contribution in [3.05, 3.63) is 59.8 Å². The number of nitrogens with one attached hydrogen (secondary N) is 2. The zero-order valence-electron chi connectivity index (χ0n) is 19.9. The first-order valence-corrected chi connectivity index (χ1v) is 11.8. The molecule has 2 aromatic carbocycles. The zero-order chi connectivity index (χ0) is 25.1. The summed E-state index contributed by atoms with van der Waals surface area (Å²) in [6.07, 6.45) is 1.55. The monoisotopic (exact) mass is 504 g/mol. The maximum Gasteiger partial charge on any atom is 0.229 e. The third-order valence-corrected chi connectivity index (χ3v) is 6.28. The Bertz CT molecular complexity index is 1370. The Hall–Kier alpha value is -4.25. The van der Waals surface area contributed by atoms with Gasteiger partial charge in [-0.25, -0.2) is 9.67 Å². The number of tetrazole rings is 1. The normalized spacial score (nSPS) is 13.5. The van der Waals surface area contributed by atoms with Crippen LogP contribution in [-0.4, -0.2) is 67.2 Å². The second-order valence-corrected chi connectivity index (χ2v) is 8.76. The summed E-state index contributed by atoms with van der Waals surface area (Å²) >= 11 is 6.40. The van der Waals surface area contributed by atoms with Gasteiger partial charge in [-0.05, 0) is 46.8 Å². The number of rotatable bonds is 6. The molecule has 1 saturated heterocycles. The Morgan fingerprint density at radius 3 is 2.44 bits per heavy atom. The average molecular weight is 505 g/mol. The van der Waals surface area contributed by atoms with E-state index < -0.39 is 0 Å². The number of carbonyl (C=O) groups is 1. The summed E-state index contributed by atoms with van der Waals surface area (Å²) in [5.74, 6) is 1.60. The van der Waals surface area contributed by atoms with Crippen molar-refractivity contribution in [2.24, 2.45) is 7.05 Å². The highest BCUT2D eigenvalue weighted by Gasteiger charge is 2.19. The molecule has 0 radical (unpaired) electrons. The number of aryl methyl sites for hydroxylation is 1. The Morgan fingerprint density at radius 1 is 1.00 bits per heavy atom. The topological polar surface area (TPSA) is 117 Å². The van der Waals surface area contributed by atoms with Gasteiger partial charge in [0.1, 0.15) is 5.02 Å². The van der Waals surface area contributed by atoms with Crippen molar-refractivity contribution in [2.75, 3.05) is 41.7 Å². The van der Waals surface area contributed by atoms with Gasteiger partial charge in [-0.2, -0.15) is 4.98 Å². The van der Waals surface area contributed by atoms with E-state index in [1.165, 1.54) is 0 Å². The van der Waals surface area contributed by atoms with E-state index in [0.717, 1.165) is 48.8 Å². The number of aromatic nitrogens is 6. The van der Waals surface area contributed by atoms with Crippen LogP contribution in [0.15, 0.2) is 54.7 Å². The molecule has 1 amide bonds. The summed E-state index contributed by atoms with van der Waals surface area (Å²) in [6, 6.07) is 15.7. The van der Waals surface area contributed by atoms with Gasteiger partial charge in [-0.1, -0.05) is 23.7 Å². The van der Waals surface area contributed by atoms with E-state index in [2.05, 4.69) is 41.0 Å². The minimum absolute atomic E-state index is 0.125. The molecule has 2 N–H and O–H groups in total. The molecule has 0 spiro atoms. The molecule has 2 aromatic heterocycles. The van der Waals surface area contributed by atoms with Gasteiger partial charge in [-0.3, -0.25) is 4.79 Å². The minimum atomic E-state index is 0.125. The Balaban J connectivity index is 1.29. The maximum atomic E-state index is 11.6. The van der Waals surface area contributed by atoms with Gasteiger partial charge in [0.2, 0.25) is 11.9 Å². The van der Waals surface area contributed by atoms with Gasteiger partial charge in [0.25, 0.3) is 0 Å². The van der Waals surface area contributed by atoms with Crippen LogP contribution in [0.1, 0.15) is 6.92 Å². The third-order valence-electron chi connectivity index (χ3n) is 6.00. The molecule has 12 heteroatoms. The van der Waals surface area contributed by atoms with E-state index >= 15 is 0 Å². The average Bonchev–Trinajstić information content (AvgIpc) is 3.32. The molecule has 3 heterocycles. The first kappa shape index (κ1) is 23.5. The first-order valence-electron chi connectivity index (χ1n) is 11.5. The standard InChI is InChI=1S/C24H25ClN10O/c1-16(36)34-11-13-35(14-12-34)18-9-7-17(8-10-18)27-24-26-15-20(25)22(29-24)28-21-6-4-3-5-19(21)23-30-31-32-33(23)2/h3-10,15H,11-14H2,1-2H3,(H2,26,27,28,29). The van der Waals surface area contributed by atoms with Gasteiger partial charge in [0.05, 0.1) is 11.9 Å².